The Morgan fingerprint density at radius 2 is 1.83 bits per heavy atom. The summed E-state index contributed by atoms with van der Waals surface area (Å²) >= 11 is 0. The minimum absolute atomic E-state index is 0.0653. The summed E-state index contributed by atoms with van der Waals surface area (Å²) in [6, 6.07) is 0. The van der Waals surface area contributed by atoms with Crippen LogP contribution in [0.5, 0.6) is 0 Å². The van der Waals surface area contributed by atoms with Crippen molar-refractivity contribution in [1.29, 1.82) is 0 Å². The van der Waals surface area contributed by atoms with Crippen LogP contribution in [0.15, 0.2) is 35.5 Å². The number of carboxylic acid groups (broad SMARTS) is 1. The van der Waals surface area contributed by atoms with Crippen molar-refractivity contribution in [2.45, 2.75) is 33.6 Å². The van der Waals surface area contributed by atoms with Crippen molar-refractivity contribution >= 4 is 11.8 Å². The highest BCUT2D eigenvalue weighted by Crippen LogP contribution is 2.37. The topological polar surface area (TPSA) is 54.4 Å². The number of hydrogen-bond acceptors (Lipinski definition) is 2. The Bertz CT molecular complexity index is 435. The molecule has 0 aromatic carbocycles. The average Bonchev–Trinajstić information content (AvgIpc) is 3.10. The van der Waals surface area contributed by atoms with E-state index in [1.54, 1.807) is 26.8 Å². The van der Waals surface area contributed by atoms with Gasteiger partial charge in [-0.3, -0.25) is 4.79 Å². The lowest BCUT2D eigenvalue weighted by Gasteiger charge is -2.11. The van der Waals surface area contributed by atoms with Crippen molar-refractivity contribution in [1.82, 2.24) is 0 Å². The predicted molar refractivity (Wildman–Crippen MR) is 71.2 cm³/mol. The van der Waals surface area contributed by atoms with Crippen LogP contribution in [-0.2, 0) is 9.59 Å². The zero-order valence-electron chi connectivity index (χ0n) is 11.2. The highest BCUT2D eigenvalue weighted by Gasteiger charge is 2.27. The standard InChI is InChI=1S/C15H20O3/c1-5-12(15(17)18)13(14(16)9(2)3)8-10(4)11-6-7-11/h5,8-9,11H,4,6-7H2,1-3H3,(H,17,18)/b12-5+,13-8+. The number of carbonyl (C=O) groups excluding carboxylic acids is 1. The van der Waals surface area contributed by atoms with Crippen LogP contribution in [0.2, 0.25) is 0 Å². The third-order valence-electron chi connectivity index (χ3n) is 3.03. The number of aliphatic carboxylic acids is 1. The first-order valence-electron chi connectivity index (χ1n) is 6.23. The quantitative estimate of drug-likeness (QED) is 0.580. The van der Waals surface area contributed by atoms with Crippen LogP contribution in [0, 0.1) is 11.8 Å². The Kier molecular flexibility index (Phi) is 4.65. The van der Waals surface area contributed by atoms with Crippen LogP contribution >= 0.6 is 0 Å². The van der Waals surface area contributed by atoms with Gasteiger partial charge in [-0.05, 0) is 31.8 Å². The zero-order valence-corrected chi connectivity index (χ0v) is 11.2. The summed E-state index contributed by atoms with van der Waals surface area (Å²) in [4.78, 5) is 23.3. The van der Waals surface area contributed by atoms with Gasteiger partial charge in [0.25, 0.3) is 0 Å². The van der Waals surface area contributed by atoms with Crippen molar-refractivity contribution < 1.29 is 14.7 Å². The largest absolute Gasteiger partial charge is 0.478 e. The Balaban J connectivity index is 3.12. The molecule has 1 rings (SSSR count). The van der Waals surface area contributed by atoms with E-state index in [4.69, 9.17) is 5.11 Å². The van der Waals surface area contributed by atoms with Gasteiger partial charge >= 0.3 is 5.97 Å². The lowest BCUT2D eigenvalue weighted by Crippen LogP contribution is -2.16. The van der Waals surface area contributed by atoms with Crippen LogP contribution in [0.1, 0.15) is 33.6 Å². The van der Waals surface area contributed by atoms with Gasteiger partial charge in [-0.1, -0.05) is 32.1 Å². The molecule has 1 saturated carbocycles. The van der Waals surface area contributed by atoms with E-state index in [0.717, 1.165) is 18.4 Å². The summed E-state index contributed by atoms with van der Waals surface area (Å²) in [5.41, 5.74) is 1.20. The molecule has 18 heavy (non-hydrogen) atoms. The Hall–Kier alpha value is -1.64. The van der Waals surface area contributed by atoms with Crippen molar-refractivity contribution in [3.8, 4) is 0 Å². The second kappa shape index (κ2) is 5.80. The second-order valence-corrected chi connectivity index (χ2v) is 4.93. The molecule has 0 aromatic rings. The molecule has 1 aliphatic carbocycles. The number of carboxylic acids is 1. The summed E-state index contributed by atoms with van der Waals surface area (Å²) in [5, 5.41) is 9.15. The second-order valence-electron chi connectivity index (χ2n) is 4.93. The van der Waals surface area contributed by atoms with Crippen LogP contribution in [0.25, 0.3) is 0 Å². The van der Waals surface area contributed by atoms with Crippen LogP contribution in [0.3, 0.4) is 0 Å². The van der Waals surface area contributed by atoms with Gasteiger partial charge in [-0.2, -0.15) is 0 Å². The Morgan fingerprint density at radius 1 is 1.28 bits per heavy atom. The van der Waals surface area contributed by atoms with E-state index in [1.165, 1.54) is 6.08 Å². The monoisotopic (exact) mass is 248 g/mol. The molecule has 98 valence electrons. The fourth-order valence-corrected chi connectivity index (χ4v) is 1.74. The number of rotatable bonds is 6. The van der Waals surface area contributed by atoms with Gasteiger partial charge < -0.3 is 5.11 Å². The molecule has 0 unspecified atom stereocenters. The van der Waals surface area contributed by atoms with Crippen molar-refractivity contribution in [2.24, 2.45) is 11.8 Å². The van der Waals surface area contributed by atoms with E-state index >= 15 is 0 Å². The molecule has 0 atom stereocenters. The first-order chi connectivity index (χ1) is 8.38. The van der Waals surface area contributed by atoms with Crippen molar-refractivity contribution in [3.05, 3.63) is 35.5 Å². The first-order valence-corrected chi connectivity index (χ1v) is 6.23. The third kappa shape index (κ3) is 3.42. The molecular formula is C15H20O3. The fourth-order valence-electron chi connectivity index (χ4n) is 1.74. The highest BCUT2D eigenvalue weighted by atomic mass is 16.4. The molecule has 3 heteroatoms. The molecule has 0 heterocycles. The van der Waals surface area contributed by atoms with Gasteiger partial charge in [0.2, 0.25) is 0 Å². The normalized spacial score (nSPS) is 16.9. The minimum Gasteiger partial charge on any atom is -0.478 e. The minimum atomic E-state index is -1.07. The van der Waals surface area contributed by atoms with Gasteiger partial charge in [-0.15, -0.1) is 0 Å². The number of hydrogen-bond donors (Lipinski definition) is 1. The van der Waals surface area contributed by atoms with E-state index < -0.39 is 5.97 Å². The summed E-state index contributed by atoms with van der Waals surface area (Å²) in [6.45, 7) is 9.09. The zero-order chi connectivity index (χ0) is 13.9. The van der Waals surface area contributed by atoms with E-state index in [-0.39, 0.29) is 22.8 Å². The fraction of sp³-hybridized carbons (Fsp3) is 0.467. The molecule has 0 saturated heterocycles. The SMILES string of the molecule is C=C(/C=C(C(=O)C(C)C)\C(=C/C)C(=O)O)C1CC1. The van der Waals surface area contributed by atoms with E-state index in [0.29, 0.717) is 5.92 Å². The molecule has 0 spiro atoms. The molecule has 1 N–H and O–H groups in total. The van der Waals surface area contributed by atoms with Gasteiger partial charge in [-0.25, -0.2) is 4.79 Å². The van der Waals surface area contributed by atoms with Crippen molar-refractivity contribution in [3.63, 3.8) is 0 Å². The molecular weight excluding hydrogens is 228 g/mol. The molecule has 0 radical (unpaired) electrons. The molecule has 0 aliphatic heterocycles. The number of carbonyl (C=O) groups is 2. The Labute approximate surface area is 108 Å². The maximum absolute atomic E-state index is 12.1. The molecule has 1 fully saturated rings. The molecule has 3 nitrogen and oxygen atoms in total. The predicted octanol–water partition coefficient (Wildman–Crippen LogP) is 3.14. The summed E-state index contributed by atoms with van der Waals surface area (Å²) in [6.07, 6.45) is 5.28. The Morgan fingerprint density at radius 3 is 2.17 bits per heavy atom. The highest BCUT2D eigenvalue weighted by molar-refractivity contribution is 6.10. The van der Waals surface area contributed by atoms with Crippen LogP contribution < -0.4 is 0 Å². The van der Waals surface area contributed by atoms with Crippen LogP contribution in [0.4, 0.5) is 0 Å². The average molecular weight is 248 g/mol. The summed E-state index contributed by atoms with van der Waals surface area (Å²) in [5.74, 6) is -1.02. The van der Waals surface area contributed by atoms with Gasteiger partial charge in [0.1, 0.15) is 0 Å². The lowest BCUT2D eigenvalue weighted by atomic mass is 9.92. The molecule has 0 aromatic heterocycles. The van der Waals surface area contributed by atoms with Gasteiger partial charge in [0.15, 0.2) is 5.78 Å². The maximum atomic E-state index is 12.1. The lowest BCUT2D eigenvalue weighted by molar-refractivity contribution is -0.133. The van der Waals surface area contributed by atoms with E-state index in [9.17, 15) is 9.59 Å². The third-order valence-corrected chi connectivity index (χ3v) is 3.03. The van der Waals surface area contributed by atoms with E-state index in [1.807, 2.05) is 0 Å². The number of allylic oxidation sites excluding steroid dienone is 3. The maximum Gasteiger partial charge on any atom is 0.336 e. The van der Waals surface area contributed by atoms with Crippen LogP contribution in [-0.4, -0.2) is 16.9 Å². The summed E-state index contributed by atoms with van der Waals surface area (Å²) < 4.78 is 0. The van der Waals surface area contributed by atoms with Gasteiger partial charge in [0.05, 0.1) is 5.57 Å². The first kappa shape index (κ1) is 14.4. The van der Waals surface area contributed by atoms with Crippen molar-refractivity contribution in [2.75, 3.05) is 0 Å². The smallest absolute Gasteiger partial charge is 0.336 e. The van der Waals surface area contributed by atoms with E-state index in [2.05, 4.69) is 6.58 Å². The molecule has 1 aliphatic rings. The summed E-state index contributed by atoms with van der Waals surface area (Å²) in [7, 11) is 0. The molecule has 0 bridgehead atoms. The number of Topliss-reactive ketones (excluding diaryl/α,β-unsaturated/α-hetero) is 1. The molecule has 0 amide bonds. The van der Waals surface area contributed by atoms with Gasteiger partial charge in [0, 0.05) is 11.5 Å². The number of ketones is 1.